The maximum absolute atomic E-state index is 12.9. The van der Waals surface area contributed by atoms with E-state index in [4.69, 9.17) is 5.73 Å². The molecule has 0 aromatic carbocycles. The lowest BCUT2D eigenvalue weighted by atomic mass is 9.76. The molecule has 1 aliphatic rings. The van der Waals surface area contributed by atoms with E-state index in [0.29, 0.717) is 18.1 Å². The summed E-state index contributed by atoms with van der Waals surface area (Å²) in [6.45, 7) is 2.08. The van der Waals surface area contributed by atoms with E-state index in [2.05, 4.69) is 34.4 Å². The summed E-state index contributed by atoms with van der Waals surface area (Å²) in [5, 5.41) is 3.13. The fourth-order valence-corrected chi connectivity index (χ4v) is 4.80. The van der Waals surface area contributed by atoms with Gasteiger partial charge in [0.2, 0.25) is 0 Å². The van der Waals surface area contributed by atoms with E-state index < -0.39 is 0 Å². The van der Waals surface area contributed by atoms with Crippen molar-refractivity contribution in [2.75, 3.05) is 0 Å². The van der Waals surface area contributed by atoms with E-state index in [1.165, 1.54) is 4.88 Å². The number of rotatable bonds is 5. The van der Waals surface area contributed by atoms with Gasteiger partial charge in [-0.15, -0.1) is 11.3 Å². The average molecular weight is 368 g/mol. The minimum absolute atomic E-state index is 0.184. The summed E-state index contributed by atoms with van der Waals surface area (Å²) in [6.07, 6.45) is 6.40. The quantitative estimate of drug-likeness (QED) is 0.694. The molecule has 0 amide bonds. The summed E-state index contributed by atoms with van der Waals surface area (Å²) in [5.41, 5.74) is 9.03. The number of fused-ring (bicyclic) bond motifs is 1. The van der Waals surface area contributed by atoms with E-state index in [0.717, 1.165) is 48.0 Å². The highest BCUT2D eigenvalue weighted by atomic mass is 32.1. The number of ketones is 1. The number of carbonyl (C=O) groups excluding carboxylic acids is 1. The number of thiophene rings is 1. The summed E-state index contributed by atoms with van der Waals surface area (Å²) in [4.78, 5) is 21.9. The van der Waals surface area contributed by atoms with Gasteiger partial charge in [0.05, 0.1) is 10.6 Å². The zero-order valence-corrected chi connectivity index (χ0v) is 15.9. The highest BCUT2D eigenvalue weighted by Crippen LogP contribution is 2.33. The van der Waals surface area contributed by atoms with Crippen molar-refractivity contribution in [3.05, 3.63) is 41.4 Å². The number of H-pyrrole nitrogens is 1. The fourth-order valence-electron chi connectivity index (χ4n) is 4.10. The van der Waals surface area contributed by atoms with Gasteiger partial charge in [0, 0.05) is 30.0 Å². The molecule has 1 aliphatic carbocycles. The van der Waals surface area contributed by atoms with Crippen molar-refractivity contribution in [2.24, 2.45) is 17.6 Å². The monoisotopic (exact) mass is 367 g/mol. The Labute approximate surface area is 157 Å². The predicted molar refractivity (Wildman–Crippen MR) is 107 cm³/mol. The van der Waals surface area contributed by atoms with Gasteiger partial charge in [-0.05, 0) is 67.7 Å². The number of pyridine rings is 1. The van der Waals surface area contributed by atoms with Crippen LogP contribution < -0.4 is 5.73 Å². The number of aromatic nitrogens is 2. The molecular formula is C21H25N3OS. The van der Waals surface area contributed by atoms with E-state index in [1.54, 1.807) is 17.5 Å². The third-order valence-electron chi connectivity index (χ3n) is 5.74. The van der Waals surface area contributed by atoms with Gasteiger partial charge < -0.3 is 10.7 Å². The van der Waals surface area contributed by atoms with Gasteiger partial charge in [-0.2, -0.15) is 0 Å². The molecule has 3 N–H and O–H groups in total. The lowest BCUT2D eigenvalue weighted by molar-refractivity contribution is -0.123. The van der Waals surface area contributed by atoms with Crippen LogP contribution in [0.2, 0.25) is 0 Å². The van der Waals surface area contributed by atoms with Crippen molar-refractivity contribution in [1.82, 2.24) is 9.97 Å². The molecule has 1 fully saturated rings. The van der Waals surface area contributed by atoms with E-state index in [9.17, 15) is 4.79 Å². The number of Topliss-reactive ketones (excluding diaryl/α,β-unsaturated/α-hetero) is 1. The third-order valence-corrected chi connectivity index (χ3v) is 6.65. The standard InChI is InChI=1S/C21H25N3OS/c1-13(22)14-4-6-15(7-5-14)19(25)11-16-8-9-23-21-17(16)12-18(24-21)20-3-2-10-26-20/h2-3,8-10,12-15H,4-7,11,22H2,1H3,(H,23,24). The van der Waals surface area contributed by atoms with Crippen LogP contribution in [0.1, 0.15) is 38.2 Å². The van der Waals surface area contributed by atoms with Crippen LogP contribution in [0.25, 0.3) is 21.6 Å². The second kappa shape index (κ2) is 7.33. The Bertz CT molecular complexity index is 889. The van der Waals surface area contributed by atoms with E-state index >= 15 is 0 Å². The molecule has 0 spiro atoms. The first kappa shape index (κ1) is 17.4. The summed E-state index contributed by atoms with van der Waals surface area (Å²) < 4.78 is 0. The van der Waals surface area contributed by atoms with E-state index in [1.807, 2.05) is 12.1 Å². The average Bonchev–Trinajstić information content (AvgIpc) is 3.31. The minimum atomic E-state index is 0.184. The summed E-state index contributed by atoms with van der Waals surface area (Å²) in [5.74, 6) is 1.12. The molecule has 136 valence electrons. The first-order chi connectivity index (χ1) is 12.6. The van der Waals surface area contributed by atoms with Crippen molar-refractivity contribution in [3.63, 3.8) is 0 Å². The predicted octanol–water partition coefficient (Wildman–Crippen LogP) is 4.56. The van der Waals surface area contributed by atoms with Gasteiger partial charge >= 0.3 is 0 Å². The van der Waals surface area contributed by atoms with Crippen LogP contribution >= 0.6 is 11.3 Å². The van der Waals surface area contributed by atoms with Crippen LogP contribution in [0.15, 0.2) is 35.8 Å². The molecule has 26 heavy (non-hydrogen) atoms. The van der Waals surface area contributed by atoms with Crippen molar-refractivity contribution < 1.29 is 4.79 Å². The fraction of sp³-hybridized carbons (Fsp3) is 0.429. The number of aromatic amines is 1. The molecule has 3 aromatic rings. The number of nitrogens with two attached hydrogens (primary N) is 1. The molecule has 1 atom stereocenters. The summed E-state index contributed by atoms with van der Waals surface area (Å²) in [6, 6.07) is 8.49. The molecule has 0 saturated heterocycles. The molecule has 0 radical (unpaired) electrons. The first-order valence-corrected chi connectivity index (χ1v) is 10.3. The summed E-state index contributed by atoms with van der Waals surface area (Å²) in [7, 11) is 0. The van der Waals surface area contributed by atoms with Crippen molar-refractivity contribution in [1.29, 1.82) is 0 Å². The van der Waals surface area contributed by atoms with E-state index in [-0.39, 0.29) is 12.0 Å². The minimum Gasteiger partial charge on any atom is -0.339 e. The molecule has 0 aliphatic heterocycles. The van der Waals surface area contributed by atoms with Crippen molar-refractivity contribution in [2.45, 2.75) is 45.1 Å². The Balaban J connectivity index is 1.51. The Morgan fingerprint density at radius 2 is 2.15 bits per heavy atom. The van der Waals surface area contributed by atoms with Crippen LogP contribution in [0.5, 0.6) is 0 Å². The normalized spacial score (nSPS) is 21.8. The van der Waals surface area contributed by atoms with Gasteiger partial charge in [0.1, 0.15) is 11.4 Å². The first-order valence-electron chi connectivity index (χ1n) is 9.40. The van der Waals surface area contributed by atoms with Crippen LogP contribution in [-0.2, 0) is 11.2 Å². The molecule has 4 nitrogen and oxygen atoms in total. The molecule has 0 bridgehead atoms. The number of nitrogens with one attached hydrogen (secondary N) is 1. The highest BCUT2D eigenvalue weighted by molar-refractivity contribution is 7.13. The van der Waals surface area contributed by atoms with Gasteiger partial charge in [-0.1, -0.05) is 6.07 Å². The maximum Gasteiger partial charge on any atom is 0.140 e. The van der Waals surface area contributed by atoms with Gasteiger partial charge in [0.25, 0.3) is 0 Å². The lowest BCUT2D eigenvalue weighted by Crippen LogP contribution is -2.32. The van der Waals surface area contributed by atoms with Crippen LogP contribution in [0.3, 0.4) is 0 Å². The van der Waals surface area contributed by atoms with Crippen LogP contribution in [0.4, 0.5) is 0 Å². The largest absolute Gasteiger partial charge is 0.339 e. The number of nitrogens with zero attached hydrogens (tertiary/aromatic N) is 1. The lowest BCUT2D eigenvalue weighted by Gasteiger charge is -2.30. The van der Waals surface area contributed by atoms with Crippen LogP contribution in [-0.4, -0.2) is 21.8 Å². The van der Waals surface area contributed by atoms with Crippen molar-refractivity contribution >= 4 is 28.2 Å². The Hall–Kier alpha value is -1.98. The Kier molecular flexibility index (Phi) is 4.92. The SMILES string of the molecule is CC(N)C1CCC(C(=O)Cc2ccnc3[nH]c(-c4cccs4)cc23)CC1. The molecule has 3 heterocycles. The molecular weight excluding hydrogens is 342 g/mol. The molecule has 1 unspecified atom stereocenters. The zero-order chi connectivity index (χ0) is 18.1. The molecule has 5 heteroatoms. The molecule has 4 rings (SSSR count). The third kappa shape index (κ3) is 3.46. The Morgan fingerprint density at radius 1 is 1.35 bits per heavy atom. The second-order valence-corrected chi connectivity index (χ2v) is 8.45. The number of carbonyl (C=O) groups is 1. The summed E-state index contributed by atoms with van der Waals surface area (Å²) >= 11 is 1.70. The molecule has 3 aromatic heterocycles. The highest BCUT2D eigenvalue weighted by Gasteiger charge is 2.28. The van der Waals surface area contributed by atoms with Crippen LogP contribution in [0, 0.1) is 11.8 Å². The zero-order valence-electron chi connectivity index (χ0n) is 15.1. The maximum atomic E-state index is 12.9. The van der Waals surface area contributed by atoms with Gasteiger partial charge in [-0.3, -0.25) is 4.79 Å². The Morgan fingerprint density at radius 3 is 2.85 bits per heavy atom. The van der Waals surface area contributed by atoms with Crippen molar-refractivity contribution in [3.8, 4) is 10.6 Å². The number of hydrogen-bond donors (Lipinski definition) is 2. The topological polar surface area (TPSA) is 71.8 Å². The smallest absolute Gasteiger partial charge is 0.140 e. The second-order valence-electron chi connectivity index (χ2n) is 7.51. The van der Waals surface area contributed by atoms with Gasteiger partial charge in [0.15, 0.2) is 0 Å². The van der Waals surface area contributed by atoms with Gasteiger partial charge in [-0.25, -0.2) is 4.98 Å². The number of hydrogen-bond acceptors (Lipinski definition) is 4. The molecule has 1 saturated carbocycles.